The maximum absolute atomic E-state index is 5.46. The normalized spacial score (nSPS) is 23.7. The average molecular weight is 335 g/mol. The second-order valence-electron chi connectivity index (χ2n) is 6.73. The van der Waals surface area contributed by atoms with Gasteiger partial charge in [-0.2, -0.15) is 5.10 Å². The zero-order valence-corrected chi connectivity index (χ0v) is 14.8. The Hall–Kier alpha value is -1.18. The zero-order chi connectivity index (χ0) is 15.8. The van der Waals surface area contributed by atoms with E-state index in [2.05, 4.69) is 21.8 Å². The van der Waals surface area contributed by atoms with E-state index in [1.807, 2.05) is 11.7 Å². The van der Waals surface area contributed by atoms with Crippen molar-refractivity contribution >= 4 is 26.8 Å². The predicted molar refractivity (Wildman–Crippen MR) is 93.3 cm³/mol. The molecule has 0 aromatic carbocycles. The molecule has 2 aliphatic heterocycles. The number of piperidine rings is 1. The lowest BCUT2D eigenvalue weighted by Gasteiger charge is -2.36. The van der Waals surface area contributed by atoms with Crippen LogP contribution in [0.2, 0.25) is 0 Å². The molecule has 4 rings (SSSR count). The number of nitrogens with zero attached hydrogens (tertiary/aromatic N) is 5. The highest BCUT2D eigenvalue weighted by atomic mass is 32.1. The Morgan fingerprint density at radius 3 is 2.87 bits per heavy atom. The van der Waals surface area contributed by atoms with Gasteiger partial charge in [0.1, 0.15) is 0 Å². The van der Waals surface area contributed by atoms with Crippen LogP contribution in [0.1, 0.15) is 18.5 Å². The topological polar surface area (TPSA) is 46.4 Å². The quantitative estimate of drug-likeness (QED) is 0.857. The molecule has 0 bridgehead atoms. The Bertz CT molecular complexity index is 641. The van der Waals surface area contributed by atoms with Crippen LogP contribution in [0.15, 0.2) is 0 Å². The van der Waals surface area contributed by atoms with Crippen LogP contribution in [-0.4, -0.2) is 65.6 Å². The Balaban J connectivity index is 1.46. The van der Waals surface area contributed by atoms with Crippen molar-refractivity contribution in [2.75, 3.05) is 50.8 Å². The fraction of sp³-hybridized carbons (Fsp3) is 0.750. The van der Waals surface area contributed by atoms with Gasteiger partial charge in [0, 0.05) is 39.8 Å². The maximum Gasteiger partial charge on any atom is 0.188 e. The summed E-state index contributed by atoms with van der Waals surface area (Å²) in [6, 6.07) is 0. The van der Waals surface area contributed by atoms with E-state index in [4.69, 9.17) is 9.72 Å². The van der Waals surface area contributed by atoms with Gasteiger partial charge in [0.25, 0.3) is 0 Å². The number of aromatic nitrogens is 3. The lowest BCUT2D eigenvalue weighted by molar-refractivity contribution is 0.0296. The standard InChI is InChI=1S/C16H25N5OS/c1-12-14-15(19(2)18-12)17-16(23-14)21-5-3-4-13(11-21)10-20-6-8-22-9-7-20/h13H,3-11H2,1-2H3/t13-/m1/s1. The molecule has 0 spiro atoms. The van der Waals surface area contributed by atoms with E-state index in [1.54, 1.807) is 11.3 Å². The molecule has 0 amide bonds. The average Bonchev–Trinajstić information content (AvgIpc) is 3.11. The molecule has 23 heavy (non-hydrogen) atoms. The van der Waals surface area contributed by atoms with Crippen LogP contribution in [0.3, 0.4) is 0 Å². The van der Waals surface area contributed by atoms with Crippen LogP contribution in [0.25, 0.3) is 10.3 Å². The molecular weight excluding hydrogens is 310 g/mol. The van der Waals surface area contributed by atoms with Crippen molar-refractivity contribution in [3.05, 3.63) is 5.69 Å². The summed E-state index contributed by atoms with van der Waals surface area (Å²) in [4.78, 5) is 9.89. The molecular formula is C16H25N5OS. The molecule has 2 saturated heterocycles. The molecule has 0 radical (unpaired) electrons. The largest absolute Gasteiger partial charge is 0.379 e. The SMILES string of the molecule is Cc1nn(C)c2nc(N3CCC[C@H](CN4CCOCC4)C3)sc12. The predicted octanol–water partition coefficient (Wildman–Crippen LogP) is 1.89. The molecule has 6 nitrogen and oxygen atoms in total. The van der Waals surface area contributed by atoms with E-state index in [0.29, 0.717) is 0 Å². The van der Waals surface area contributed by atoms with Gasteiger partial charge in [-0.05, 0) is 25.7 Å². The molecule has 0 aliphatic carbocycles. The summed E-state index contributed by atoms with van der Waals surface area (Å²) in [5.74, 6) is 0.744. The van der Waals surface area contributed by atoms with Gasteiger partial charge in [0.2, 0.25) is 0 Å². The second-order valence-corrected chi connectivity index (χ2v) is 7.70. The number of morpholine rings is 1. The van der Waals surface area contributed by atoms with Gasteiger partial charge in [-0.25, -0.2) is 9.67 Å². The smallest absolute Gasteiger partial charge is 0.188 e. The number of rotatable bonds is 3. The fourth-order valence-corrected chi connectivity index (χ4v) is 4.81. The summed E-state index contributed by atoms with van der Waals surface area (Å²) in [7, 11) is 1.98. The van der Waals surface area contributed by atoms with Crippen molar-refractivity contribution in [1.82, 2.24) is 19.7 Å². The summed E-state index contributed by atoms with van der Waals surface area (Å²) in [6.45, 7) is 9.48. The first kappa shape index (κ1) is 15.4. The number of anilines is 1. The molecule has 2 aromatic heterocycles. The van der Waals surface area contributed by atoms with Gasteiger partial charge in [0.05, 0.1) is 23.6 Å². The first-order valence-corrected chi connectivity index (χ1v) is 9.37. The number of hydrogen-bond acceptors (Lipinski definition) is 6. The first-order valence-electron chi connectivity index (χ1n) is 8.56. The highest BCUT2D eigenvalue weighted by Gasteiger charge is 2.25. The third-order valence-corrected chi connectivity index (χ3v) is 6.16. The van der Waals surface area contributed by atoms with E-state index in [0.717, 1.165) is 56.7 Å². The molecule has 7 heteroatoms. The van der Waals surface area contributed by atoms with Gasteiger partial charge in [-0.1, -0.05) is 11.3 Å². The molecule has 126 valence electrons. The van der Waals surface area contributed by atoms with Crippen LogP contribution in [-0.2, 0) is 11.8 Å². The fourth-order valence-electron chi connectivity index (χ4n) is 3.75. The van der Waals surface area contributed by atoms with Gasteiger partial charge >= 0.3 is 0 Å². The van der Waals surface area contributed by atoms with Crippen molar-refractivity contribution in [1.29, 1.82) is 0 Å². The molecule has 0 N–H and O–H groups in total. The molecule has 2 aromatic rings. The van der Waals surface area contributed by atoms with Crippen LogP contribution < -0.4 is 4.90 Å². The summed E-state index contributed by atoms with van der Waals surface area (Å²) >= 11 is 1.80. The van der Waals surface area contributed by atoms with Crippen LogP contribution in [0.5, 0.6) is 0 Å². The Kier molecular flexibility index (Phi) is 4.26. The molecule has 2 fully saturated rings. The van der Waals surface area contributed by atoms with Crippen molar-refractivity contribution < 1.29 is 4.74 Å². The van der Waals surface area contributed by atoms with Crippen molar-refractivity contribution in [2.24, 2.45) is 13.0 Å². The Labute approximate surface area is 141 Å². The van der Waals surface area contributed by atoms with Gasteiger partial charge < -0.3 is 9.64 Å². The summed E-state index contributed by atoms with van der Waals surface area (Å²) in [5, 5.41) is 5.63. The molecule has 0 unspecified atom stereocenters. The molecule has 4 heterocycles. The first-order chi connectivity index (χ1) is 11.2. The minimum atomic E-state index is 0.744. The third kappa shape index (κ3) is 3.09. The van der Waals surface area contributed by atoms with Crippen molar-refractivity contribution in [3.8, 4) is 0 Å². The summed E-state index contributed by atoms with van der Waals surface area (Å²) in [6.07, 6.45) is 2.60. The second kappa shape index (κ2) is 6.37. The number of hydrogen-bond donors (Lipinski definition) is 0. The zero-order valence-electron chi connectivity index (χ0n) is 14.0. The lowest BCUT2D eigenvalue weighted by atomic mass is 9.97. The minimum Gasteiger partial charge on any atom is -0.379 e. The highest BCUT2D eigenvalue weighted by Crippen LogP contribution is 2.33. The van der Waals surface area contributed by atoms with E-state index in [9.17, 15) is 0 Å². The molecule has 1 atom stereocenters. The van der Waals surface area contributed by atoms with Crippen LogP contribution in [0.4, 0.5) is 5.13 Å². The Morgan fingerprint density at radius 2 is 2.09 bits per heavy atom. The number of aryl methyl sites for hydroxylation is 2. The number of ether oxygens (including phenoxy) is 1. The van der Waals surface area contributed by atoms with E-state index < -0.39 is 0 Å². The van der Waals surface area contributed by atoms with Gasteiger partial charge in [-0.15, -0.1) is 0 Å². The third-order valence-electron chi connectivity index (χ3n) is 4.94. The van der Waals surface area contributed by atoms with Gasteiger partial charge in [-0.3, -0.25) is 4.90 Å². The summed E-state index contributed by atoms with van der Waals surface area (Å²) in [5.41, 5.74) is 2.12. The maximum atomic E-state index is 5.46. The number of fused-ring (bicyclic) bond motifs is 1. The molecule has 2 aliphatic rings. The highest BCUT2D eigenvalue weighted by molar-refractivity contribution is 7.22. The van der Waals surface area contributed by atoms with E-state index in [1.165, 1.54) is 29.2 Å². The van der Waals surface area contributed by atoms with Gasteiger partial charge in [0.15, 0.2) is 10.8 Å². The van der Waals surface area contributed by atoms with E-state index in [-0.39, 0.29) is 0 Å². The Morgan fingerprint density at radius 1 is 1.26 bits per heavy atom. The van der Waals surface area contributed by atoms with Crippen molar-refractivity contribution in [2.45, 2.75) is 19.8 Å². The number of thiazole rings is 1. The van der Waals surface area contributed by atoms with E-state index >= 15 is 0 Å². The molecule has 0 saturated carbocycles. The van der Waals surface area contributed by atoms with Crippen LogP contribution in [0, 0.1) is 12.8 Å². The summed E-state index contributed by atoms with van der Waals surface area (Å²) < 4.78 is 8.59. The van der Waals surface area contributed by atoms with Crippen molar-refractivity contribution in [3.63, 3.8) is 0 Å². The minimum absolute atomic E-state index is 0.744. The van der Waals surface area contributed by atoms with Crippen LogP contribution >= 0.6 is 11.3 Å². The monoisotopic (exact) mass is 335 g/mol. The lowest BCUT2D eigenvalue weighted by Crippen LogP contribution is -2.44.